The van der Waals surface area contributed by atoms with Crippen molar-refractivity contribution < 1.29 is 0 Å². The van der Waals surface area contributed by atoms with E-state index < -0.39 is 0 Å². The van der Waals surface area contributed by atoms with Crippen LogP contribution in [0.2, 0.25) is 0 Å². The van der Waals surface area contributed by atoms with E-state index in [0.29, 0.717) is 0 Å². The Morgan fingerprint density at radius 1 is 0.950 bits per heavy atom. The van der Waals surface area contributed by atoms with Crippen LogP contribution in [0.15, 0.2) is 54.6 Å². The third-order valence-corrected chi connectivity index (χ3v) is 3.76. The van der Waals surface area contributed by atoms with E-state index in [0.717, 1.165) is 0 Å². The lowest BCUT2D eigenvalue weighted by molar-refractivity contribution is 1.05. The molecule has 100 valence electrons. The third kappa shape index (κ3) is 1.96. The molecule has 0 aliphatic carbocycles. The molecule has 20 heavy (non-hydrogen) atoms. The summed E-state index contributed by atoms with van der Waals surface area (Å²) in [5, 5.41) is 1.32. The molecule has 2 aromatic carbocycles. The standard InChI is InChI=1S/C19H19N/c1-4-8-17-15(3)20(16-9-6-5-7-10-16)19-12-11-14(2)13-18(17)19/h4-13H,1-3H3/b8-4-. The number of para-hydroxylation sites is 1. The zero-order valence-electron chi connectivity index (χ0n) is 12.2. The normalized spacial score (nSPS) is 11.6. The average Bonchev–Trinajstić information content (AvgIpc) is 2.73. The van der Waals surface area contributed by atoms with Crippen molar-refractivity contribution in [2.75, 3.05) is 0 Å². The van der Waals surface area contributed by atoms with Crippen LogP contribution in [0.5, 0.6) is 0 Å². The number of rotatable bonds is 2. The number of nitrogens with zero attached hydrogens (tertiary/aromatic N) is 1. The first kappa shape index (κ1) is 12.7. The Balaban J connectivity index is 2.41. The van der Waals surface area contributed by atoms with Gasteiger partial charge in [0.05, 0.1) is 5.52 Å². The molecule has 0 N–H and O–H groups in total. The van der Waals surface area contributed by atoms with Crippen LogP contribution >= 0.6 is 0 Å². The van der Waals surface area contributed by atoms with E-state index in [4.69, 9.17) is 0 Å². The van der Waals surface area contributed by atoms with Crippen molar-refractivity contribution in [1.29, 1.82) is 0 Å². The maximum atomic E-state index is 2.34. The van der Waals surface area contributed by atoms with Gasteiger partial charge in [-0.15, -0.1) is 0 Å². The predicted octanol–water partition coefficient (Wildman–Crippen LogP) is 5.28. The van der Waals surface area contributed by atoms with Crippen LogP contribution in [0, 0.1) is 13.8 Å². The molecule has 0 bridgehead atoms. The van der Waals surface area contributed by atoms with Crippen molar-refractivity contribution in [2.24, 2.45) is 0 Å². The Morgan fingerprint density at radius 2 is 1.70 bits per heavy atom. The Morgan fingerprint density at radius 3 is 2.40 bits per heavy atom. The molecule has 0 saturated heterocycles. The minimum Gasteiger partial charge on any atom is -0.313 e. The summed E-state index contributed by atoms with van der Waals surface area (Å²) in [6.45, 7) is 6.41. The quantitative estimate of drug-likeness (QED) is 0.591. The predicted molar refractivity (Wildman–Crippen MR) is 87.5 cm³/mol. The third-order valence-electron chi connectivity index (χ3n) is 3.76. The van der Waals surface area contributed by atoms with Crippen molar-refractivity contribution in [3.8, 4) is 5.69 Å². The molecule has 1 aromatic heterocycles. The SMILES string of the molecule is C/C=C\c1c(C)n(-c2ccccc2)c2ccc(C)cc12. The van der Waals surface area contributed by atoms with Crippen molar-refractivity contribution >= 4 is 17.0 Å². The molecule has 3 aromatic rings. The van der Waals surface area contributed by atoms with E-state index in [1.807, 2.05) is 0 Å². The van der Waals surface area contributed by atoms with E-state index in [-0.39, 0.29) is 0 Å². The van der Waals surface area contributed by atoms with Gasteiger partial charge in [-0.2, -0.15) is 0 Å². The van der Waals surface area contributed by atoms with E-state index >= 15 is 0 Å². The lowest BCUT2D eigenvalue weighted by Crippen LogP contribution is -1.96. The summed E-state index contributed by atoms with van der Waals surface area (Å²) >= 11 is 0. The van der Waals surface area contributed by atoms with Crippen LogP contribution in [-0.4, -0.2) is 4.57 Å². The molecule has 0 radical (unpaired) electrons. The summed E-state index contributed by atoms with van der Waals surface area (Å²) in [6.07, 6.45) is 4.32. The summed E-state index contributed by atoms with van der Waals surface area (Å²) < 4.78 is 2.34. The highest BCUT2D eigenvalue weighted by Gasteiger charge is 2.13. The molecule has 0 aliphatic rings. The molecule has 0 saturated carbocycles. The van der Waals surface area contributed by atoms with Gasteiger partial charge in [-0.05, 0) is 45.0 Å². The number of allylic oxidation sites excluding steroid dienone is 1. The number of aryl methyl sites for hydroxylation is 1. The molecule has 1 nitrogen and oxygen atoms in total. The molecule has 0 spiro atoms. The Bertz CT molecular complexity index is 776. The van der Waals surface area contributed by atoms with Crippen molar-refractivity contribution in [3.63, 3.8) is 0 Å². The largest absolute Gasteiger partial charge is 0.313 e. The molecule has 0 unspecified atom stereocenters. The van der Waals surface area contributed by atoms with Gasteiger partial charge in [0.1, 0.15) is 0 Å². The molecule has 0 aliphatic heterocycles. The van der Waals surface area contributed by atoms with Gasteiger partial charge in [-0.1, -0.05) is 42.0 Å². The van der Waals surface area contributed by atoms with Gasteiger partial charge in [-0.3, -0.25) is 0 Å². The molecule has 3 rings (SSSR count). The number of hydrogen-bond donors (Lipinski definition) is 0. The van der Waals surface area contributed by atoms with Crippen LogP contribution in [0.25, 0.3) is 22.7 Å². The highest BCUT2D eigenvalue weighted by Crippen LogP contribution is 2.30. The lowest BCUT2D eigenvalue weighted by atomic mass is 10.1. The second-order valence-corrected chi connectivity index (χ2v) is 5.19. The maximum Gasteiger partial charge on any atom is 0.0537 e. The van der Waals surface area contributed by atoms with Crippen LogP contribution in [-0.2, 0) is 0 Å². The number of benzene rings is 2. The summed E-state index contributed by atoms with van der Waals surface area (Å²) in [7, 11) is 0. The molecular weight excluding hydrogens is 242 g/mol. The minimum absolute atomic E-state index is 1.22. The highest BCUT2D eigenvalue weighted by atomic mass is 15.0. The summed E-state index contributed by atoms with van der Waals surface area (Å²) in [5.74, 6) is 0. The van der Waals surface area contributed by atoms with Crippen molar-refractivity contribution in [2.45, 2.75) is 20.8 Å². The molecule has 0 fully saturated rings. The first-order chi connectivity index (χ1) is 9.72. The van der Waals surface area contributed by atoms with E-state index in [2.05, 4.69) is 86.0 Å². The molecular formula is C19H19N. The van der Waals surface area contributed by atoms with Gasteiger partial charge in [0.2, 0.25) is 0 Å². The molecule has 1 heteroatoms. The molecule has 0 amide bonds. The van der Waals surface area contributed by atoms with Gasteiger partial charge >= 0.3 is 0 Å². The Labute approximate surface area is 120 Å². The number of aromatic nitrogens is 1. The van der Waals surface area contributed by atoms with Crippen LogP contribution in [0.4, 0.5) is 0 Å². The summed E-state index contributed by atoms with van der Waals surface area (Å²) in [5.41, 5.74) is 6.39. The van der Waals surface area contributed by atoms with Crippen LogP contribution in [0.1, 0.15) is 23.7 Å². The minimum atomic E-state index is 1.22. The molecule has 0 atom stereocenters. The average molecular weight is 261 g/mol. The monoisotopic (exact) mass is 261 g/mol. The topological polar surface area (TPSA) is 4.93 Å². The smallest absolute Gasteiger partial charge is 0.0537 e. The van der Waals surface area contributed by atoms with Crippen LogP contribution in [0.3, 0.4) is 0 Å². The highest BCUT2D eigenvalue weighted by molar-refractivity contribution is 5.93. The first-order valence-corrected chi connectivity index (χ1v) is 7.02. The molecule has 1 heterocycles. The van der Waals surface area contributed by atoms with Crippen molar-refractivity contribution in [1.82, 2.24) is 4.57 Å². The Kier molecular flexibility index (Phi) is 3.19. The second-order valence-electron chi connectivity index (χ2n) is 5.19. The second kappa shape index (κ2) is 5.01. The van der Waals surface area contributed by atoms with E-state index in [1.165, 1.54) is 33.4 Å². The van der Waals surface area contributed by atoms with Gasteiger partial charge in [0.15, 0.2) is 0 Å². The lowest BCUT2D eigenvalue weighted by Gasteiger charge is -2.08. The van der Waals surface area contributed by atoms with Gasteiger partial charge in [-0.25, -0.2) is 0 Å². The number of hydrogen-bond acceptors (Lipinski definition) is 0. The van der Waals surface area contributed by atoms with Gasteiger partial charge in [0.25, 0.3) is 0 Å². The van der Waals surface area contributed by atoms with Gasteiger partial charge in [0, 0.05) is 22.3 Å². The van der Waals surface area contributed by atoms with E-state index in [1.54, 1.807) is 0 Å². The zero-order valence-corrected chi connectivity index (χ0v) is 12.2. The summed E-state index contributed by atoms with van der Waals surface area (Å²) in [4.78, 5) is 0. The summed E-state index contributed by atoms with van der Waals surface area (Å²) in [6, 6.07) is 17.2. The number of fused-ring (bicyclic) bond motifs is 1. The maximum absolute atomic E-state index is 2.34. The van der Waals surface area contributed by atoms with Crippen molar-refractivity contribution in [3.05, 3.63) is 71.4 Å². The fraction of sp³-hybridized carbons (Fsp3) is 0.158. The zero-order chi connectivity index (χ0) is 14.1. The fourth-order valence-corrected chi connectivity index (χ4v) is 2.84. The fourth-order valence-electron chi connectivity index (χ4n) is 2.84. The van der Waals surface area contributed by atoms with Gasteiger partial charge < -0.3 is 4.57 Å². The first-order valence-electron chi connectivity index (χ1n) is 7.02. The van der Waals surface area contributed by atoms with E-state index in [9.17, 15) is 0 Å². The Hall–Kier alpha value is -2.28. The van der Waals surface area contributed by atoms with Crippen LogP contribution < -0.4 is 0 Å².